The molecule has 26 heavy (non-hydrogen) atoms. The van der Waals surface area contributed by atoms with E-state index in [4.69, 9.17) is 0 Å². The molecule has 6 nitrogen and oxygen atoms in total. The Morgan fingerprint density at radius 3 is 2.12 bits per heavy atom. The number of sulfonamides is 1. The second-order valence-electron chi connectivity index (χ2n) is 7.13. The number of nitrogens with one attached hydrogen (secondary N) is 1. The van der Waals surface area contributed by atoms with Crippen molar-refractivity contribution in [1.29, 1.82) is 0 Å². The van der Waals surface area contributed by atoms with Crippen LogP contribution in [-0.2, 0) is 16.6 Å². The van der Waals surface area contributed by atoms with Crippen LogP contribution in [0, 0.1) is 0 Å². The number of anilines is 1. The number of aromatic nitrogens is 2. The summed E-state index contributed by atoms with van der Waals surface area (Å²) in [6.07, 6.45) is 0. The fourth-order valence-electron chi connectivity index (χ4n) is 2.31. The molecule has 0 saturated heterocycles. The standard InChI is InChI=1S/C19H28N4O2S/c1-13(2)17-11-18(22-19(21-17)14(3)4)20-12-15-7-9-16(10-8-15)26(24,25)23(5)6/h7-11,13-14H,12H2,1-6H3,(H,20,21,22). The highest BCUT2D eigenvalue weighted by Crippen LogP contribution is 2.20. The Hall–Kier alpha value is -1.99. The first kappa shape index (κ1) is 20.3. The van der Waals surface area contributed by atoms with Crippen LogP contribution < -0.4 is 5.32 Å². The lowest BCUT2D eigenvalue weighted by molar-refractivity contribution is 0.520. The molecule has 0 fully saturated rings. The molecule has 0 aliphatic carbocycles. The SMILES string of the molecule is CC(C)c1cc(NCc2ccc(S(=O)(=O)N(C)C)cc2)nc(C(C)C)n1. The van der Waals surface area contributed by atoms with Crippen LogP contribution in [0.2, 0.25) is 0 Å². The minimum Gasteiger partial charge on any atom is -0.366 e. The van der Waals surface area contributed by atoms with Crippen molar-refractivity contribution in [1.82, 2.24) is 14.3 Å². The Morgan fingerprint density at radius 1 is 1.00 bits per heavy atom. The molecule has 0 aliphatic heterocycles. The summed E-state index contributed by atoms with van der Waals surface area (Å²) < 4.78 is 25.4. The van der Waals surface area contributed by atoms with Crippen LogP contribution in [-0.4, -0.2) is 36.8 Å². The average molecular weight is 377 g/mol. The van der Waals surface area contributed by atoms with Gasteiger partial charge in [0.05, 0.1) is 4.90 Å². The van der Waals surface area contributed by atoms with Gasteiger partial charge in [-0.3, -0.25) is 0 Å². The topological polar surface area (TPSA) is 75.2 Å². The van der Waals surface area contributed by atoms with Crippen molar-refractivity contribution >= 4 is 15.8 Å². The van der Waals surface area contributed by atoms with E-state index >= 15 is 0 Å². The van der Waals surface area contributed by atoms with Crippen molar-refractivity contribution in [2.24, 2.45) is 0 Å². The predicted octanol–water partition coefficient (Wildman–Crippen LogP) is 3.59. The van der Waals surface area contributed by atoms with Gasteiger partial charge in [0.1, 0.15) is 11.6 Å². The van der Waals surface area contributed by atoms with Crippen molar-refractivity contribution in [2.45, 2.75) is 51.0 Å². The second-order valence-corrected chi connectivity index (χ2v) is 9.28. The Kier molecular flexibility index (Phi) is 6.36. The lowest BCUT2D eigenvalue weighted by Gasteiger charge is -2.14. The van der Waals surface area contributed by atoms with Gasteiger partial charge in [0.15, 0.2) is 0 Å². The quantitative estimate of drug-likeness (QED) is 0.799. The molecule has 1 N–H and O–H groups in total. The summed E-state index contributed by atoms with van der Waals surface area (Å²) in [6.45, 7) is 8.94. The number of rotatable bonds is 7. The number of hydrogen-bond acceptors (Lipinski definition) is 5. The molecule has 0 unspecified atom stereocenters. The normalized spacial score (nSPS) is 12.2. The maximum atomic E-state index is 12.1. The molecule has 1 heterocycles. The van der Waals surface area contributed by atoms with Crippen molar-refractivity contribution in [2.75, 3.05) is 19.4 Å². The van der Waals surface area contributed by atoms with E-state index in [1.54, 1.807) is 12.1 Å². The Balaban J connectivity index is 2.16. The molecule has 142 valence electrons. The van der Waals surface area contributed by atoms with E-state index < -0.39 is 10.0 Å². The zero-order valence-electron chi connectivity index (χ0n) is 16.3. The summed E-state index contributed by atoms with van der Waals surface area (Å²) in [5.41, 5.74) is 2.00. The smallest absolute Gasteiger partial charge is 0.242 e. The molecule has 1 aromatic carbocycles. The summed E-state index contributed by atoms with van der Waals surface area (Å²) >= 11 is 0. The molecule has 0 aliphatic rings. The van der Waals surface area contributed by atoms with Crippen molar-refractivity contribution in [3.05, 3.63) is 47.4 Å². The van der Waals surface area contributed by atoms with Crippen LogP contribution in [0.5, 0.6) is 0 Å². The van der Waals surface area contributed by atoms with Crippen molar-refractivity contribution in [3.63, 3.8) is 0 Å². The van der Waals surface area contributed by atoms with E-state index in [9.17, 15) is 8.42 Å². The van der Waals surface area contributed by atoms with Gasteiger partial charge in [0.2, 0.25) is 10.0 Å². The lowest BCUT2D eigenvalue weighted by Crippen LogP contribution is -2.22. The Bertz CT molecular complexity index is 818. The van der Waals surface area contributed by atoms with E-state index in [1.807, 2.05) is 18.2 Å². The number of hydrogen-bond donors (Lipinski definition) is 1. The molecule has 0 spiro atoms. The highest BCUT2D eigenvalue weighted by atomic mass is 32.2. The summed E-state index contributed by atoms with van der Waals surface area (Å²) in [5, 5.41) is 3.32. The zero-order chi connectivity index (χ0) is 19.5. The van der Waals surface area contributed by atoms with E-state index in [0.29, 0.717) is 12.5 Å². The monoisotopic (exact) mass is 376 g/mol. The van der Waals surface area contributed by atoms with Gasteiger partial charge in [-0.15, -0.1) is 0 Å². The minimum atomic E-state index is -3.40. The van der Waals surface area contributed by atoms with Crippen LogP contribution in [0.4, 0.5) is 5.82 Å². The van der Waals surface area contributed by atoms with Crippen molar-refractivity contribution < 1.29 is 8.42 Å². The molecule has 0 amide bonds. The van der Waals surface area contributed by atoms with Gasteiger partial charge in [-0.2, -0.15) is 0 Å². The van der Waals surface area contributed by atoms with Gasteiger partial charge in [-0.05, 0) is 23.6 Å². The van der Waals surface area contributed by atoms with Crippen LogP contribution in [0.25, 0.3) is 0 Å². The largest absolute Gasteiger partial charge is 0.366 e. The molecular weight excluding hydrogens is 348 g/mol. The van der Waals surface area contributed by atoms with Crippen LogP contribution in [0.3, 0.4) is 0 Å². The third-order valence-corrected chi connectivity index (χ3v) is 5.88. The van der Waals surface area contributed by atoms with E-state index in [0.717, 1.165) is 22.9 Å². The van der Waals surface area contributed by atoms with Gasteiger partial charge in [0, 0.05) is 38.3 Å². The third-order valence-electron chi connectivity index (χ3n) is 4.05. The highest BCUT2D eigenvalue weighted by Gasteiger charge is 2.16. The average Bonchev–Trinajstić information content (AvgIpc) is 2.59. The van der Waals surface area contributed by atoms with Gasteiger partial charge in [-0.1, -0.05) is 39.8 Å². The summed E-state index contributed by atoms with van der Waals surface area (Å²) in [4.78, 5) is 9.50. The molecule has 0 atom stereocenters. The van der Waals surface area contributed by atoms with Crippen molar-refractivity contribution in [3.8, 4) is 0 Å². The molecule has 0 radical (unpaired) electrons. The highest BCUT2D eigenvalue weighted by molar-refractivity contribution is 7.89. The van der Waals surface area contributed by atoms with Crippen LogP contribution >= 0.6 is 0 Å². The molecule has 0 bridgehead atoms. The third kappa shape index (κ3) is 4.80. The number of benzene rings is 1. The number of nitrogens with zero attached hydrogens (tertiary/aromatic N) is 3. The van der Waals surface area contributed by atoms with E-state index in [-0.39, 0.29) is 10.8 Å². The molecule has 2 rings (SSSR count). The Labute approximate surface area is 156 Å². The minimum absolute atomic E-state index is 0.254. The predicted molar refractivity (Wildman–Crippen MR) is 105 cm³/mol. The van der Waals surface area contributed by atoms with Crippen LogP contribution in [0.15, 0.2) is 35.2 Å². The van der Waals surface area contributed by atoms with E-state index in [1.165, 1.54) is 18.4 Å². The first-order valence-corrected chi connectivity index (χ1v) is 10.2. The second kappa shape index (κ2) is 8.14. The van der Waals surface area contributed by atoms with Gasteiger partial charge >= 0.3 is 0 Å². The molecule has 2 aromatic rings. The molecule has 0 saturated carbocycles. The lowest BCUT2D eigenvalue weighted by atomic mass is 10.1. The molecule has 1 aromatic heterocycles. The zero-order valence-corrected chi connectivity index (χ0v) is 17.1. The summed E-state index contributed by atoms with van der Waals surface area (Å²) in [7, 11) is -0.346. The van der Waals surface area contributed by atoms with Gasteiger partial charge in [0.25, 0.3) is 0 Å². The fraction of sp³-hybridized carbons (Fsp3) is 0.474. The first-order valence-electron chi connectivity index (χ1n) is 8.75. The van der Waals surface area contributed by atoms with Crippen LogP contribution in [0.1, 0.15) is 56.6 Å². The van der Waals surface area contributed by atoms with E-state index in [2.05, 4.69) is 43.0 Å². The summed E-state index contributed by atoms with van der Waals surface area (Å²) in [6, 6.07) is 8.87. The summed E-state index contributed by atoms with van der Waals surface area (Å²) in [5.74, 6) is 2.19. The first-order chi connectivity index (χ1) is 12.1. The maximum Gasteiger partial charge on any atom is 0.242 e. The Morgan fingerprint density at radius 2 is 1.62 bits per heavy atom. The maximum absolute atomic E-state index is 12.1. The van der Waals surface area contributed by atoms with Gasteiger partial charge in [-0.25, -0.2) is 22.7 Å². The van der Waals surface area contributed by atoms with Gasteiger partial charge < -0.3 is 5.32 Å². The molecule has 7 heteroatoms. The fourth-order valence-corrected chi connectivity index (χ4v) is 3.21. The molecular formula is C19H28N4O2S.